The van der Waals surface area contributed by atoms with Crippen molar-refractivity contribution in [1.82, 2.24) is 24.5 Å². The smallest absolute Gasteiger partial charge is 0.293 e. The van der Waals surface area contributed by atoms with E-state index in [4.69, 9.17) is 9.47 Å². The lowest BCUT2D eigenvalue weighted by atomic mass is 9.59. The van der Waals surface area contributed by atoms with E-state index in [-0.39, 0.29) is 45.5 Å². The summed E-state index contributed by atoms with van der Waals surface area (Å²) in [4.78, 5) is 39.9. The Morgan fingerprint density at radius 2 is 1.71 bits per heavy atom. The van der Waals surface area contributed by atoms with Crippen molar-refractivity contribution >= 4 is 44.0 Å². The number of benzene rings is 4. The number of carbonyl (C=O) groups is 1. The molecule has 4 fully saturated rings. The third-order valence-electron chi connectivity index (χ3n) is 16.4. The van der Waals surface area contributed by atoms with E-state index in [0.717, 1.165) is 95.3 Å². The Labute approximate surface area is 437 Å². The topological polar surface area (TPSA) is 195 Å². The molecule has 75 heavy (non-hydrogen) atoms. The summed E-state index contributed by atoms with van der Waals surface area (Å²) in [7, 11) is -2.95. The van der Waals surface area contributed by atoms with Crippen molar-refractivity contribution in [2.75, 3.05) is 56.6 Å². The number of hydrogen-bond donors (Lipinski definition) is 4. The molecule has 1 atom stereocenters. The average Bonchev–Trinajstić information content (AvgIpc) is 3.76. The molecule has 10 rings (SSSR count). The zero-order chi connectivity index (χ0) is 52.6. The number of nitrogens with zero attached hydrogens (tertiary/aromatic N) is 5. The molecule has 4 aliphatic rings. The van der Waals surface area contributed by atoms with Crippen LogP contribution in [0.3, 0.4) is 0 Å². The summed E-state index contributed by atoms with van der Waals surface area (Å²) in [5, 5.41) is 25.9. The average molecular weight is 1040 g/mol. The maximum absolute atomic E-state index is 14.7. The van der Waals surface area contributed by atoms with Crippen LogP contribution in [0.25, 0.3) is 11.0 Å². The molecule has 16 nitrogen and oxygen atoms in total. The first-order valence-corrected chi connectivity index (χ1v) is 27.6. The zero-order valence-electron chi connectivity index (χ0n) is 43.1. The van der Waals surface area contributed by atoms with E-state index in [2.05, 4.69) is 85.0 Å². The number of H-pyrrole nitrogens is 1. The lowest BCUT2D eigenvalue weighted by Gasteiger charge is -2.58. The molecule has 0 radical (unpaired) electrons. The second-order valence-electron chi connectivity index (χ2n) is 21.8. The van der Waals surface area contributed by atoms with Gasteiger partial charge in [-0.05, 0) is 135 Å². The molecule has 2 saturated heterocycles. The number of sulfonamides is 1. The maximum Gasteiger partial charge on any atom is 0.293 e. The molecule has 6 aromatic rings. The van der Waals surface area contributed by atoms with Crippen molar-refractivity contribution in [3.05, 3.63) is 142 Å². The lowest BCUT2D eigenvalue weighted by Crippen LogP contribution is -2.60. The number of aromatic amines is 1. The number of aliphatic hydroxyl groups is 1. The standard InChI is InChI=1S/C57H67FN8O8S/c1-37(2)45-7-5-6-8-46(45)52-36-63(35-39-9-12-42(73-4)13-10-39)25-26-65(52)41-30-57(31-41)21-23-64(24-22-57)40-11-15-47(53(27-40)74-43-28-48-49(58)34-61-54(48)60-33-43)55(67)62-75(71,72)44-14-16-50(51(29-44)66(69)70)59-32-38-17-19-56(3,68)20-18-38/h5-16,27-29,33-34,37-38,41,52,59,68H,17-26,30-32,35-36H2,1-4H3,(H,60,61)(H,62,67)/t38-,52-,56-/m0/s1. The predicted molar refractivity (Wildman–Crippen MR) is 287 cm³/mol. The van der Waals surface area contributed by atoms with Crippen LogP contribution in [0.1, 0.15) is 111 Å². The molecule has 2 aliphatic heterocycles. The van der Waals surface area contributed by atoms with Crippen molar-refractivity contribution in [1.29, 1.82) is 0 Å². The third-order valence-corrected chi connectivity index (χ3v) is 17.7. The Hall–Kier alpha value is -6.60. The molecular weight excluding hydrogens is 976 g/mol. The Balaban J connectivity index is 0.837. The van der Waals surface area contributed by atoms with Crippen LogP contribution >= 0.6 is 0 Å². The van der Waals surface area contributed by atoms with Crippen LogP contribution < -0.4 is 24.4 Å². The number of nitro groups is 1. The van der Waals surface area contributed by atoms with Gasteiger partial charge in [0.25, 0.3) is 21.6 Å². The van der Waals surface area contributed by atoms with Gasteiger partial charge < -0.3 is 29.8 Å². The first kappa shape index (κ1) is 51.9. The molecule has 18 heteroatoms. The molecule has 0 unspecified atom stereocenters. The van der Waals surface area contributed by atoms with Crippen molar-refractivity contribution in [2.24, 2.45) is 11.3 Å². The number of methoxy groups -OCH3 is 1. The first-order chi connectivity index (χ1) is 35.9. The van der Waals surface area contributed by atoms with Gasteiger partial charge in [-0.1, -0.05) is 50.2 Å². The molecular formula is C57H67FN8O8S. The quantitative estimate of drug-likeness (QED) is 0.0529. The van der Waals surface area contributed by atoms with E-state index in [1.54, 1.807) is 26.2 Å². The number of fused-ring (bicyclic) bond motifs is 1. The van der Waals surface area contributed by atoms with Crippen LogP contribution in [0.2, 0.25) is 0 Å². The molecule has 2 aliphatic carbocycles. The minimum Gasteiger partial charge on any atom is -0.497 e. The van der Waals surface area contributed by atoms with Crippen molar-refractivity contribution in [3.63, 3.8) is 0 Å². The highest BCUT2D eigenvalue weighted by Crippen LogP contribution is 2.53. The number of pyridine rings is 1. The second-order valence-corrected chi connectivity index (χ2v) is 23.5. The summed E-state index contributed by atoms with van der Waals surface area (Å²) in [5.41, 5.74) is 4.19. The highest BCUT2D eigenvalue weighted by atomic mass is 32.2. The van der Waals surface area contributed by atoms with Crippen LogP contribution in [0.15, 0.2) is 108 Å². The van der Waals surface area contributed by atoms with E-state index in [0.29, 0.717) is 37.0 Å². The van der Waals surface area contributed by atoms with E-state index in [1.165, 1.54) is 53.3 Å². The van der Waals surface area contributed by atoms with Gasteiger partial charge in [0.15, 0.2) is 0 Å². The van der Waals surface area contributed by atoms with Crippen molar-refractivity contribution in [2.45, 2.75) is 107 Å². The number of anilines is 2. The summed E-state index contributed by atoms with van der Waals surface area (Å²) in [6.07, 6.45) is 9.47. The number of hydrogen-bond acceptors (Lipinski definition) is 13. The number of nitro benzene ring substituents is 1. The van der Waals surface area contributed by atoms with E-state index in [1.807, 2.05) is 12.1 Å². The molecule has 2 saturated carbocycles. The Morgan fingerprint density at radius 1 is 0.960 bits per heavy atom. The van der Waals surface area contributed by atoms with E-state index in [9.17, 15) is 32.8 Å². The van der Waals surface area contributed by atoms with Gasteiger partial charge in [0.2, 0.25) is 0 Å². The summed E-state index contributed by atoms with van der Waals surface area (Å²) >= 11 is 0. The highest BCUT2D eigenvalue weighted by molar-refractivity contribution is 7.90. The monoisotopic (exact) mass is 1040 g/mol. The van der Waals surface area contributed by atoms with Gasteiger partial charge in [-0.25, -0.2) is 22.5 Å². The number of piperazine rings is 1. The summed E-state index contributed by atoms with van der Waals surface area (Å²) in [6.45, 7) is 12.1. The molecule has 0 bridgehead atoms. The molecule has 4 aromatic carbocycles. The number of rotatable bonds is 16. The predicted octanol–water partition coefficient (Wildman–Crippen LogP) is 10.3. The van der Waals surface area contributed by atoms with Gasteiger partial charge in [-0.3, -0.25) is 24.7 Å². The fraction of sp³-hybridized carbons (Fsp3) is 0.439. The Kier molecular flexibility index (Phi) is 14.7. The van der Waals surface area contributed by atoms with Crippen LogP contribution in [-0.4, -0.2) is 102 Å². The number of ether oxygens (including phenoxy) is 2. The van der Waals surface area contributed by atoms with E-state index >= 15 is 0 Å². The van der Waals surface area contributed by atoms with Crippen LogP contribution in [0.4, 0.5) is 21.5 Å². The SMILES string of the molecule is COc1ccc(CN2CCN(C3CC4(CCN(c5ccc(C(=O)NS(=O)(=O)c6ccc(NC[C@H]7CC[C@](C)(O)CC7)c([N+](=O)[O-])c6)c(Oc6cnc7[nH]cc(F)c7c6)c5)CC4)C3)[C@H](c3ccccc3C(C)C)C2)cc1. The largest absolute Gasteiger partial charge is 0.497 e. The minimum atomic E-state index is -4.64. The fourth-order valence-corrected chi connectivity index (χ4v) is 12.9. The number of halogens is 1. The Morgan fingerprint density at radius 3 is 2.43 bits per heavy atom. The first-order valence-electron chi connectivity index (χ1n) is 26.2. The molecule has 4 N–H and O–H groups in total. The highest BCUT2D eigenvalue weighted by Gasteiger charge is 2.50. The van der Waals surface area contributed by atoms with Gasteiger partial charge in [0, 0.05) is 81.9 Å². The van der Waals surface area contributed by atoms with Gasteiger partial charge in [-0.2, -0.15) is 0 Å². The molecule has 1 spiro atoms. The van der Waals surface area contributed by atoms with Crippen LogP contribution in [0.5, 0.6) is 17.2 Å². The number of piperidine rings is 1. The van der Waals surface area contributed by atoms with Crippen molar-refractivity contribution in [3.8, 4) is 17.2 Å². The van der Waals surface area contributed by atoms with Gasteiger partial charge in [0.1, 0.15) is 34.4 Å². The Bertz CT molecular complexity index is 3160. The van der Waals surface area contributed by atoms with Gasteiger partial charge in [0.05, 0.1) is 39.7 Å². The number of aromatic nitrogens is 2. The molecule has 1 amide bonds. The van der Waals surface area contributed by atoms with E-state index < -0.39 is 42.9 Å². The molecule has 4 heterocycles. The molecule has 396 valence electrons. The minimum absolute atomic E-state index is 0.0231. The fourth-order valence-electron chi connectivity index (χ4n) is 11.9. The number of amides is 1. The van der Waals surface area contributed by atoms with Crippen LogP contribution in [-0.2, 0) is 16.6 Å². The number of carbonyl (C=O) groups excluding carboxylic acids is 1. The summed E-state index contributed by atoms with van der Waals surface area (Å²) in [6, 6.07) is 27.9. The molecule has 2 aromatic heterocycles. The van der Waals surface area contributed by atoms with Crippen molar-refractivity contribution < 1.29 is 37.1 Å². The third kappa shape index (κ3) is 11.3. The van der Waals surface area contributed by atoms with Gasteiger partial charge in [-0.15, -0.1) is 0 Å². The second kappa shape index (κ2) is 21.2. The zero-order valence-corrected chi connectivity index (χ0v) is 43.9. The van der Waals surface area contributed by atoms with Gasteiger partial charge >= 0.3 is 0 Å². The summed E-state index contributed by atoms with van der Waals surface area (Å²) in [5.74, 6) is 0.0259. The number of nitrogens with one attached hydrogen (secondary N) is 3. The van der Waals surface area contributed by atoms with Crippen LogP contribution in [0, 0.1) is 27.3 Å². The normalized spacial score (nSPS) is 21.5. The maximum atomic E-state index is 14.7. The summed E-state index contributed by atoms with van der Waals surface area (Å²) < 4.78 is 56.2. The lowest BCUT2D eigenvalue weighted by molar-refractivity contribution is -0.384.